The fourth-order valence-electron chi connectivity index (χ4n) is 4.96. The van der Waals surface area contributed by atoms with Gasteiger partial charge in [0.15, 0.2) is 5.82 Å². The second-order valence-corrected chi connectivity index (χ2v) is 10.3. The van der Waals surface area contributed by atoms with Gasteiger partial charge in [0.05, 0.1) is 28.7 Å². The highest BCUT2D eigenvalue weighted by Gasteiger charge is 2.18. The molecule has 0 aliphatic rings. The minimum absolute atomic E-state index is 0.613. The van der Waals surface area contributed by atoms with Crippen molar-refractivity contribution >= 4 is 31.5 Å². The zero-order chi connectivity index (χ0) is 26.2. The maximum Gasteiger partial charge on any atom is 0.160 e. The number of fused-ring (bicyclic) bond motifs is 3. The molecule has 0 amide bonds. The highest BCUT2D eigenvalue weighted by atomic mass is 32.1. The SMILES string of the molecule is N#Cc1ccc(-c2cc(-c3cccnc3-c3cccc4sc5ccccc5c34)nc(-c3ccccc3)n2)cc1. The molecule has 182 valence electrons. The van der Waals surface area contributed by atoms with Crippen molar-refractivity contribution in [2.45, 2.75) is 0 Å². The Morgan fingerprint density at radius 2 is 1.36 bits per heavy atom. The molecular formula is C34H20N4S. The van der Waals surface area contributed by atoms with Crippen molar-refractivity contribution in [3.8, 4) is 51.2 Å². The molecule has 0 saturated carbocycles. The second-order valence-electron chi connectivity index (χ2n) is 9.19. The molecule has 5 heteroatoms. The summed E-state index contributed by atoms with van der Waals surface area (Å²) in [5, 5.41) is 11.7. The Bertz CT molecular complexity index is 2020. The largest absolute Gasteiger partial charge is 0.256 e. The summed E-state index contributed by atoms with van der Waals surface area (Å²) in [6.45, 7) is 0. The fourth-order valence-corrected chi connectivity index (χ4v) is 6.10. The average Bonchev–Trinajstić information content (AvgIpc) is 3.40. The monoisotopic (exact) mass is 516 g/mol. The van der Waals surface area contributed by atoms with Gasteiger partial charge in [0.1, 0.15) is 0 Å². The number of hydrogen-bond donors (Lipinski definition) is 0. The molecule has 0 N–H and O–H groups in total. The molecular weight excluding hydrogens is 496 g/mol. The number of thiophene rings is 1. The molecule has 3 aromatic heterocycles. The van der Waals surface area contributed by atoms with Crippen LogP contribution in [-0.2, 0) is 0 Å². The van der Waals surface area contributed by atoms with Crippen LogP contribution in [0.25, 0.3) is 65.3 Å². The molecule has 0 unspecified atom stereocenters. The maximum absolute atomic E-state index is 9.27. The summed E-state index contributed by atoms with van der Waals surface area (Å²) in [6.07, 6.45) is 1.84. The first kappa shape index (κ1) is 23.0. The molecule has 0 aliphatic carbocycles. The third kappa shape index (κ3) is 4.14. The van der Waals surface area contributed by atoms with E-state index < -0.39 is 0 Å². The van der Waals surface area contributed by atoms with Crippen molar-refractivity contribution in [1.82, 2.24) is 15.0 Å². The summed E-state index contributed by atoms with van der Waals surface area (Å²) in [6, 6.07) is 40.7. The van der Waals surface area contributed by atoms with Crippen LogP contribution >= 0.6 is 11.3 Å². The quantitative estimate of drug-likeness (QED) is 0.235. The smallest absolute Gasteiger partial charge is 0.160 e. The lowest BCUT2D eigenvalue weighted by Crippen LogP contribution is -1.98. The van der Waals surface area contributed by atoms with Crippen molar-refractivity contribution < 1.29 is 0 Å². The van der Waals surface area contributed by atoms with Crippen LogP contribution in [-0.4, -0.2) is 15.0 Å². The van der Waals surface area contributed by atoms with E-state index in [9.17, 15) is 5.26 Å². The molecule has 0 aliphatic heterocycles. The minimum Gasteiger partial charge on any atom is -0.256 e. The molecule has 39 heavy (non-hydrogen) atoms. The summed E-state index contributed by atoms with van der Waals surface area (Å²) in [4.78, 5) is 14.9. The Morgan fingerprint density at radius 1 is 0.615 bits per heavy atom. The van der Waals surface area contributed by atoms with Gasteiger partial charge in [0.25, 0.3) is 0 Å². The van der Waals surface area contributed by atoms with Crippen LogP contribution in [0.1, 0.15) is 5.56 Å². The van der Waals surface area contributed by atoms with E-state index in [4.69, 9.17) is 15.0 Å². The molecule has 7 aromatic rings. The Hall–Kier alpha value is -5.18. The van der Waals surface area contributed by atoms with E-state index in [1.165, 1.54) is 20.2 Å². The van der Waals surface area contributed by atoms with Gasteiger partial charge in [0.2, 0.25) is 0 Å². The number of nitrogens with zero attached hydrogens (tertiary/aromatic N) is 4. The van der Waals surface area contributed by atoms with E-state index >= 15 is 0 Å². The van der Waals surface area contributed by atoms with Crippen LogP contribution in [0, 0.1) is 11.3 Å². The normalized spacial score (nSPS) is 11.1. The zero-order valence-corrected chi connectivity index (χ0v) is 21.6. The molecule has 0 atom stereocenters. The molecule has 0 radical (unpaired) electrons. The second kappa shape index (κ2) is 9.60. The predicted octanol–water partition coefficient (Wildman–Crippen LogP) is 8.78. The van der Waals surface area contributed by atoms with Gasteiger partial charge in [-0.25, -0.2) is 9.97 Å². The fraction of sp³-hybridized carbons (Fsp3) is 0. The molecule has 0 saturated heterocycles. The topological polar surface area (TPSA) is 62.5 Å². The predicted molar refractivity (Wildman–Crippen MR) is 159 cm³/mol. The highest BCUT2D eigenvalue weighted by Crippen LogP contribution is 2.42. The zero-order valence-electron chi connectivity index (χ0n) is 20.7. The van der Waals surface area contributed by atoms with Crippen LogP contribution < -0.4 is 0 Å². The Kier molecular flexibility index (Phi) is 5.66. The summed E-state index contributed by atoms with van der Waals surface area (Å²) in [5.74, 6) is 0.640. The first-order valence-corrected chi connectivity index (χ1v) is 13.4. The van der Waals surface area contributed by atoms with E-state index in [1.807, 2.05) is 72.9 Å². The minimum atomic E-state index is 0.613. The number of benzene rings is 4. The Morgan fingerprint density at radius 3 is 2.21 bits per heavy atom. The lowest BCUT2D eigenvalue weighted by molar-refractivity contribution is 1.18. The Balaban J connectivity index is 1.47. The van der Waals surface area contributed by atoms with Gasteiger partial charge in [-0.2, -0.15) is 5.26 Å². The van der Waals surface area contributed by atoms with Crippen LogP contribution in [0.15, 0.2) is 121 Å². The van der Waals surface area contributed by atoms with Crippen LogP contribution in [0.5, 0.6) is 0 Å². The summed E-state index contributed by atoms with van der Waals surface area (Å²) in [5.41, 5.74) is 6.96. The van der Waals surface area contributed by atoms with E-state index in [0.717, 1.165) is 39.3 Å². The highest BCUT2D eigenvalue weighted by molar-refractivity contribution is 7.25. The molecule has 3 heterocycles. The van der Waals surface area contributed by atoms with Gasteiger partial charge in [-0.3, -0.25) is 4.98 Å². The molecule has 4 nitrogen and oxygen atoms in total. The number of aromatic nitrogens is 3. The van der Waals surface area contributed by atoms with Gasteiger partial charge >= 0.3 is 0 Å². The standard InChI is InChI=1S/C34H20N4S/c35-21-22-15-17-23(18-16-22)28-20-29(38-34(37-28)24-8-2-1-3-9-24)25-12-7-19-36-33(25)27-11-6-14-31-32(27)26-10-4-5-13-30(26)39-31/h1-20H. The molecule has 0 spiro atoms. The molecule has 0 bridgehead atoms. The lowest BCUT2D eigenvalue weighted by Gasteiger charge is -2.13. The summed E-state index contributed by atoms with van der Waals surface area (Å²) < 4.78 is 2.49. The van der Waals surface area contributed by atoms with Gasteiger partial charge in [-0.1, -0.05) is 72.8 Å². The average molecular weight is 517 g/mol. The number of rotatable bonds is 4. The summed E-state index contributed by atoms with van der Waals surface area (Å²) >= 11 is 1.80. The van der Waals surface area contributed by atoms with Crippen molar-refractivity contribution in [2.75, 3.05) is 0 Å². The number of pyridine rings is 1. The van der Waals surface area contributed by atoms with Crippen LogP contribution in [0.4, 0.5) is 0 Å². The van der Waals surface area contributed by atoms with Gasteiger partial charge < -0.3 is 0 Å². The number of hydrogen-bond acceptors (Lipinski definition) is 5. The first-order valence-electron chi connectivity index (χ1n) is 12.6. The van der Waals surface area contributed by atoms with E-state index in [1.54, 1.807) is 11.3 Å². The van der Waals surface area contributed by atoms with E-state index in [2.05, 4.69) is 54.6 Å². The van der Waals surface area contributed by atoms with Crippen molar-refractivity contribution in [2.24, 2.45) is 0 Å². The van der Waals surface area contributed by atoms with Gasteiger partial charge in [0, 0.05) is 48.6 Å². The Labute approximate surface area is 229 Å². The molecule has 0 fully saturated rings. The van der Waals surface area contributed by atoms with E-state index in [-0.39, 0.29) is 0 Å². The van der Waals surface area contributed by atoms with Crippen molar-refractivity contribution in [1.29, 1.82) is 5.26 Å². The number of nitriles is 1. The van der Waals surface area contributed by atoms with Crippen molar-refractivity contribution in [3.63, 3.8) is 0 Å². The van der Waals surface area contributed by atoms with Crippen molar-refractivity contribution in [3.05, 3.63) is 127 Å². The lowest BCUT2D eigenvalue weighted by atomic mass is 9.97. The van der Waals surface area contributed by atoms with Gasteiger partial charge in [-0.05, 0) is 42.5 Å². The van der Waals surface area contributed by atoms with Gasteiger partial charge in [-0.15, -0.1) is 11.3 Å². The molecule has 7 rings (SSSR count). The first-order chi connectivity index (χ1) is 19.3. The molecule has 4 aromatic carbocycles. The third-order valence-electron chi connectivity index (χ3n) is 6.81. The van der Waals surface area contributed by atoms with Crippen LogP contribution in [0.2, 0.25) is 0 Å². The third-order valence-corrected chi connectivity index (χ3v) is 7.95. The van der Waals surface area contributed by atoms with E-state index in [0.29, 0.717) is 11.4 Å². The summed E-state index contributed by atoms with van der Waals surface area (Å²) in [7, 11) is 0. The maximum atomic E-state index is 9.27. The van der Waals surface area contributed by atoms with Crippen LogP contribution in [0.3, 0.4) is 0 Å².